The van der Waals surface area contributed by atoms with Crippen molar-refractivity contribution >= 4 is 11.9 Å². The molecule has 0 unspecified atom stereocenters. The van der Waals surface area contributed by atoms with Crippen molar-refractivity contribution in [2.45, 2.75) is 6.42 Å². The van der Waals surface area contributed by atoms with Gasteiger partial charge in [0.1, 0.15) is 0 Å². The molecular formula is C10H10N2O3. The fraction of sp³-hybridized carbons (Fsp3) is 0.100. The summed E-state index contributed by atoms with van der Waals surface area (Å²) in [6.07, 6.45) is 0.401. The first-order valence-electron chi connectivity index (χ1n) is 4.20. The number of nitrogens with two attached hydrogens (primary N) is 1. The van der Waals surface area contributed by atoms with Crippen LogP contribution in [0.4, 0.5) is 4.79 Å². The number of ketones is 1. The van der Waals surface area contributed by atoms with Gasteiger partial charge in [-0.15, -0.1) is 0 Å². The lowest BCUT2D eigenvalue weighted by Crippen LogP contribution is -2.17. The average Bonchev–Trinajstić information content (AvgIpc) is 2.17. The van der Waals surface area contributed by atoms with Crippen LogP contribution in [0, 0.1) is 0 Å². The third-order valence-corrected chi connectivity index (χ3v) is 1.57. The maximum Gasteiger partial charge on any atom is 0.411 e. The quantitative estimate of drug-likeness (QED) is 0.740. The van der Waals surface area contributed by atoms with Gasteiger partial charge in [0.15, 0.2) is 5.78 Å². The van der Waals surface area contributed by atoms with Crippen molar-refractivity contribution in [2.24, 2.45) is 5.73 Å². The van der Waals surface area contributed by atoms with Crippen LogP contribution in [0.3, 0.4) is 0 Å². The molecule has 0 saturated heterocycles. The molecule has 1 aromatic heterocycles. The minimum atomic E-state index is -0.935. The third kappa shape index (κ3) is 3.60. The molecule has 1 heterocycles. The van der Waals surface area contributed by atoms with E-state index in [4.69, 9.17) is 5.73 Å². The molecule has 0 spiro atoms. The van der Waals surface area contributed by atoms with Crippen molar-refractivity contribution < 1.29 is 14.3 Å². The van der Waals surface area contributed by atoms with Gasteiger partial charge in [0.2, 0.25) is 5.88 Å². The Morgan fingerprint density at radius 2 is 2.27 bits per heavy atom. The summed E-state index contributed by atoms with van der Waals surface area (Å²) >= 11 is 0. The topological polar surface area (TPSA) is 82.3 Å². The van der Waals surface area contributed by atoms with Crippen molar-refractivity contribution in [3.05, 3.63) is 36.5 Å². The van der Waals surface area contributed by atoms with E-state index < -0.39 is 6.09 Å². The Morgan fingerprint density at radius 1 is 1.53 bits per heavy atom. The molecule has 5 nitrogen and oxygen atoms in total. The normalized spacial score (nSPS) is 9.33. The summed E-state index contributed by atoms with van der Waals surface area (Å²) < 4.78 is 4.56. The van der Waals surface area contributed by atoms with Gasteiger partial charge in [0.25, 0.3) is 0 Å². The summed E-state index contributed by atoms with van der Waals surface area (Å²) in [6.45, 7) is 3.34. The van der Waals surface area contributed by atoms with Gasteiger partial charge in [-0.05, 0) is 12.1 Å². The number of amides is 1. The first-order valence-corrected chi connectivity index (χ1v) is 4.20. The second-order valence-corrected chi connectivity index (χ2v) is 2.74. The first-order chi connectivity index (χ1) is 7.11. The number of primary amides is 1. The maximum atomic E-state index is 11.0. The van der Waals surface area contributed by atoms with Gasteiger partial charge in [0.05, 0.1) is 12.1 Å². The largest absolute Gasteiger partial charge is 0.411 e. The molecule has 1 rings (SSSR count). The van der Waals surface area contributed by atoms with E-state index in [0.29, 0.717) is 5.69 Å². The van der Waals surface area contributed by atoms with Gasteiger partial charge in [-0.1, -0.05) is 12.6 Å². The van der Waals surface area contributed by atoms with Gasteiger partial charge in [-0.3, -0.25) is 4.79 Å². The number of carbonyl (C=O) groups excluding carboxylic acids is 2. The van der Waals surface area contributed by atoms with Gasteiger partial charge in [0, 0.05) is 6.07 Å². The van der Waals surface area contributed by atoms with Crippen LogP contribution in [0.1, 0.15) is 5.69 Å². The number of allylic oxidation sites excluding steroid dienone is 1. The predicted octanol–water partition coefficient (Wildman–Crippen LogP) is 0.837. The minimum absolute atomic E-state index is 0.0804. The van der Waals surface area contributed by atoms with E-state index in [1.54, 1.807) is 12.1 Å². The predicted molar refractivity (Wildman–Crippen MR) is 53.4 cm³/mol. The van der Waals surface area contributed by atoms with Crippen LogP contribution >= 0.6 is 0 Å². The van der Waals surface area contributed by atoms with Crippen molar-refractivity contribution in [3.8, 4) is 5.88 Å². The number of hydrogen-bond acceptors (Lipinski definition) is 4. The van der Waals surface area contributed by atoms with Crippen LogP contribution < -0.4 is 10.5 Å². The summed E-state index contributed by atoms with van der Waals surface area (Å²) in [7, 11) is 0. The summed E-state index contributed by atoms with van der Waals surface area (Å²) in [5.74, 6) is -0.0735. The molecule has 5 heteroatoms. The monoisotopic (exact) mass is 206 g/mol. The lowest BCUT2D eigenvalue weighted by Gasteiger charge is -2.01. The van der Waals surface area contributed by atoms with Crippen LogP contribution in [-0.2, 0) is 11.2 Å². The van der Waals surface area contributed by atoms with Crippen LogP contribution in [-0.4, -0.2) is 16.9 Å². The van der Waals surface area contributed by atoms with Crippen LogP contribution in [0.5, 0.6) is 5.88 Å². The van der Waals surface area contributed by atoms with E-state index in [-0.39, 0.29) is 18.1 Å². The molecule has 0 aliphatic rings. The molecular weight excluding hydrogens is 196 g/mol. The number of ether oxygens (including phenoxy) is 1. The number of aromatic nitrogens is 1. The van der Waals surface area contributed by atoms with Crippen molar-refractivity contribution in [3.63, 3.8) is 0 Å². The minimum Gasteiger partial charge on any atom is -0.391 e. The Morgan fingerprint density at radius 3 is 2.87 bits per heavy atom. The van der Waals surface area contributed by atoms with E-state index >= 15 is 0 Å². The smallest absolute Gasteiger partial charge is 0.391 e. The fourth-order valence-corrected chi connectivity index (χ4v) is 0.967. The zero-order valence-corrected chi connectivity index (χ0v) is 7.97. The van der Waals surface area contributed by atoms with E-state index in [0.717, 1.165) is 0 Å². The van der Waals surface area contributed by atoms with Crippen LogP contribution in [0.15, 0.2) is 30.9 Å². The highest BCUT2D eigenvalue weighted by Crippen LogP contribution is 2.08. The molecule has 0 aliphatic carbocycles. The highest BCUT2D eigenvalue weighted by atomic mass is 16.6. The Bertz CT molecular complexity index is 401. The molecule has 1 amide bonds. The lowest BCUT2D eigenvalue weighted by atomic mass is 10.2. The molecule has 1 aromatic rings. The molecule has 0 aromatic carbocycles. The average molecular weight is 206 g/mol. The SMILES string of the molecule is C=CC(=O)Cc1cccc(OC(N)=O)n1. The second-order valence-electron chi connectivity index (χ2n) is 2.74. The maximum absolute atomic E-state index is 11.0. The van der Waals surface area contributed by atoms with E-state index in [1.165, 1.54) is 12.1 Å². The number of pyridine rings is 1. The number of nitrogens with zero attached hydrogens (tertiary/aromatic N) is 1. The second kappa shape index (κ2) is 4.90. The number of carbonyl (C=O) groups is 2. The standard InChI is InChI=1S/C10H10N2O3/c1-2-8(13)6-7-4-3-5-9(12-7)15-10(11)14/h2-5H,1,6H2,(H2,11,14). The van der Waals surface area contributed by atoms with Gasteiger partial charge in [-0.2, -0.15) is 0 Å². The van der Waals surface area contributed by atoms with Gasteiger partial charge in [-0.25, -0.2) is 9.78 Å². The Kier molecular flexibility index (Phi) is 3.56. The van der Waals surface area contributed by atoms with Gasteiger partial charge >= 0.3 is 6.09 Å². The Balaban J connectivity index is 2.78. The molecule has 0 atom stereocenters. The number of hydrogen-bond donors (Lipinski definition) is 1. The Hall–Kier alpha value is -2.17. The highest BCUT2D eigenvalue weighted by molar-refractivity contribution is 5.90. The fourth-order valence-electron chi connectivity index (χ4n) is 0.967. The summed E-state index contributed by atoms with van der Waals surface area (Å²) in [4.78, 5) is 25.4. The molecule has 0 aliphatic heterocycles. The van der Waals surface area contributed by atoms with Crippen LogP contribution in [0.2, 0.25) is 0 Å². The van der Waals surface area contributed by atoms with Crippen molar-refractivity contribution in [1.82, 2.24) is 4.98 Å². The molecule has 78 valence electrons. The zero-order chi connectivity index (χ0) is 11.3. The Labute approximate surface area is 86.6 Å². The van der Waals surface area contributed by atoms with Crippen molar-refractivity contribution in [2.75, 3.05) is 0 Å². The highest BCUT2D eigenvalue weighted by Gasteiger charge is 2.04. The van der Waals surface area contributed by atoms with Crippen LogP contribution in [0.25, 0.3) is 0 Å². The molecule has 2 N–H and O–H groups in total. The van der Waals surface area contributed by atoms with E-state index in [1.807, 2.05) is 0 Å². The summed E-state index contributed by atoms with van der Waals surface area (Å²) in [5, 5.41) is 0. The molecule has 0 bridgehead atoms. The summed E-state index contributed by atoms with van der Waals surface area (Å²) in [6, 6.07) is 4.75. The summed E-state index contributed by atoms with van der Waals surface area (Å²) in [5.41, 5.74) is 5.32. The molecule has 0 saturated carbocycles. The first kappa shape index (κ1) is 10.9. The number of rotatable bonds is 4. The zero-order valence-electron chi connectivity index (χ0n) is 7.97. The van der Waals surface area contributed by atoms with Crippen molar-refractivity contribution in [1.29, 1.82) is 0 Å². The molecule has 0 fully saturated rings. The lowest BCUT2D eigenvalue weighted by molar-refractivity contribution is -0.114. The third-order valence-electron chi connectivity index (χ3n) is 1.57. The molecule has 15 heavy (non-hydrogen) atoms. The van der Waals surface area contributed by atoms with E-state index in [2.05, 4.69) is 16.3 Å². The van der Waals surface area contributed by atoms with Gasteiger partial charge < -0.3 is 10.5 Å². The van der Waals surface area contributed by atoms with E-state index in [9.17, 15) is 9.59 Å². The molecule has 0 radical (unpaired) electrons.